The monoisotopic (exact) mass is 402 g/mol. The summed E-state index contributed by atoms with van der Waals surface area (Å²) in [5, 5.41) is 3.61. The SMILES string of the molecule is CN(C)c1ccc([C@@H](CNC(=O)c2ccccc2Cl)[NH+]2CC[NH+](C)CC2)cc1. The van der Waals surface area contributed by atoms with Crippen molar-refractivity contribution in [3.8, 4) is 0 Å². The van der Waals surface area contributed by atoms with Crippen LogP contribution in [0, 0.1) is 0 Å². The predicted octanol–water partition coefficient (Wildman–Crippen LogP) is 0.290. The van der Waals surface area contributed by atoms with Gasteiger partial charge in [-0.15, -0.1) is 0 Å². The molecule has 1 amide bonds. The standard InChI is InChI=1S/C22H29ClN4O/c1-25(2)18-10-8-17(9-11-18)21(27-14-12-26(3)13-15-27)16-24-22(28)19-6-4-5-7-20(19)23/h4-11,21H,12-16H2,1-3H3,(H,24,28)/p+2/t21-/m1/s1. The van der Waals surface area contributed by atoms with Gasteiger partial charge in [0, 0.05) is 25.3 Å². The van der Waals surface area contributed by atoms with Gasteiger partial charge in [0.1, 0.15) is 32.2 Å². The molecule has 0 saturated carbocycles. The molecule has 2 aromatic rings. The van der Waals surface area contributed by atoms with Crippen LogP contribution in [0.5, 0.6) is 0 Å². The maximum Gasteiger partial charge on any atom is 0.253 e. The van der Waals surface area contributed by atoms with Gasteiger partial charge in [0.2, 0.25) is 0 Å². The Balaban J connectivity index is 1.76. The third-order valence-electron chi connectivity index (χ3n) is 5.64. The maximum atomic E-state index is 12.7. The van der Waals surface area contributed by atoms with Crippen LogP contribution in [0.2, 0.25) is 5.02 Å². The van der Waals surface area contributed by atoms with Crippen LogP contribution in [0.1, 0.15) is 22.0 Å². The molecule has 0 aliphatic carbocycles. The molecule has 1 aliphatic rings. The first kappa shape index (κ1) is 20.6. The van der Waals surface area contributed by atoms with E-state index >= 15 is 0 Å². The number of amides is 1. The van der Waals surface area contributed by atoms with E-state index in [1.807, 2.05) is 26.2 Å². The summed E-state index contributed by atoms with van der Waals surface area (Å²) in [7, 11) is 6.34. The van der Waals surface area contributed by atoms with Crippen molar-refractivity contribution in [1.82, 2.24) is 5.32 Å². The zero-order valence-corrected chi connectivity index (χ0v) is 17.7. The van der Waals surface area contributed by atoms with E-state index in [4.69, 9.17) is 11.6 Å². The highest BCUT2D eigenvalue weighted by Gasteiger charge is 2.30. The molecule has 5 nitrogen and oxygen atoms in total. The van der Waals surface area contributed by atoms with E-state index in [-0.39, 0.29) is 11.9 Å². The lowest BCUT2D eigenvalue weighted by molar-refractivity contribution is -1.02. The number of halogens is 1. The molecule has 1 heterocycles. The van der Waals surface area contributed by atoms with Gasteiger partial charge in [0.05, 0.1) is 24.2 Å². The molecule has 6 heteroatoms. The lowest BCUT2D eigenvalue weighted by Gasteiger charge is -2.33. The molecular formula is C22H31ClN4O+2. The highest BCUT2D eigenvalue weighted by atomic mass is 35.5. The first-order chi connectivity index (χ1) is 13.5. The molecule has 1 atom stereocenters. The summed E-state index contributed by atoms with van der Waals surface area (Å²) >= 11 is 6.19. The van der Waals surface area contributed by atoms with Gasteiger partial charge in [-0.25, -0.2) is 0 Å². The van der Waals surface area contributed by atoms with Crippen LogP contribution in [0.25, 0.3) is 0 Å². The number of benzene rings is 2. The lowest BCUT2D eigenvalue weighted by Crippen LogP contribution is -3.27. The minimum absolute atomic E-state index is 0.111. The Morgan fingerprint density at radius 2 is 1.71 bits per heavy atom. The van der Waals surface area contributed by atoms with Gasteiger partial charge < -0.3 is 20.0 Å². The largest absolute Gasteiger partial charge is 0.378 e. The van der Waals surface area contributed by atoms with E-state index in [2.05, 4.69) is 41.5 Å². The van der Waals surface area contributed by atoms with Crippen molar-refractivity contribution < 1.29 is 14.6 Å². The molecule has 3 rings (SSSR count). The molecule has 0 aromatic heterocycles. The Morgan fingerprint density at radius 1 is 1.07 bits per heavy atom. The van der Waals surface area contributed by atoms with Crippen LogP contribution in [0.4, 0.5) is 5.69 Å². The molecule has 1 saturated heterocycles. The number of rotatable bonds is 6. The summed E-state index contributed by atoms with van der Waals surface area (Å²) < 4.78 is 0. The van der Waals surface area contributed by atoms with Crippen molar-refractivity contribution in [2.24, 2.45) is 0 Å². The van der Waals surface area contributed by atoms with Crippen molar-refractivity contribution >= 4 is 23.2 Å². The lowest BCUT2D eigenvalue weighted by atomic mass is 10.0. The number of likely N-dealkylation sites (N-methyl/N-ethyl adjacent to an activating group) is 1. The fourth-order valence-electron chi connectivity index (χ4n) is 3.78. The van der Waals surface area contributed by atoms with Gasteiger partial charge in [0.15, 0.2) is 0 Å². The Labute approximate surface area is 172 Å². The Kier molecular flexibility index (Phi) is 6.94. The highest BCUT2D eigenvalue weighted by molar-refractivity contribution is 6.33. The van der Waals surface area contributed by atoms with Crippen molar-refractivity contribution in [3.05, 3.63) is 64.7 Å². The van der Waals surface area contributed by atoms with Gasteiger partial charge in [-0.2, -0.15) is 0 Å². The van der Waals surface area contributed by atoms with E-state index in [0.717, 1.165) is 26.2 Å². The Hall–Kier alpha value is -2.08. The van der Waals surface area contributed by atoms with Crippen LogP contribution in [-0.2, 0) is 0 Å². The van der Waals surface area contributed by atoms with Crippen molar-refractivity contribution in [3.63, 3.8) is 0 Å². The second-order valence-electron chi connectivity index (χ2n) is 7.84. The van der Waals surface area contributed by atoms with E-state index in [1.54, 1.807) is 17.0 Å². The number of nitrogens with zero attached hydrogens (tertiary/aromatic N) is 1. The van der Waals surface area contributed by atoms with Crippen LogP contribution >= 0.6 is 11.6 Å². The number of carbonyl (C=O) groups excluding carboxylic acids is 1. The van der Waals surface area contributed by atoms with E-state index in [9.17, 15) is 4.79 Å². The summed E-state index contributed by atoms with van der Waals surface area (Å²) in [4.78, 5) is 17.9. The zero-order valence-electron chi connectivity index (χ0n) is 17.0. The summed E-state index contributed by atoms with van der Waals surface area (Å²) in [5.74, 6) is -0.111. The number of quaternary nitrogens is 2. The van der Waals surface area contributed by atoms with Gasteiger partial charge in [-0.3, -0.25) is 4.79 Å². The quantitative estimate of drug-likeness (QED) is 0.650. The zero-order chi connectivity index (χ0) is 20.1. The smallest absolute Gasteiger partial charge is 0.253 e. The minimum atomic E-state index is -0.111. The van der Waals surface area contributed by atoms with Crippen LogP contribution < -0.4 is 20.0 Å². The third-order valence-corrected chi connectivity index (χ3v) is 5.97. The summed E-state index contributed by atoms with van der Waals surface area (Å²) in [6, 6.07) is 16.1. The molecule has 1 aliphatic heterocycles. The average molecular weight is 403 g/mol. The van der Waals surface area contributed by atoms with Crippen LogP contribution in [0.15, 0.2) is 48.5 Å². The number of nitrogens with one attached hydrogen (secondary N) is 3. The normalized spacial score (nSPS) is 20.4. The molecule has 0 bridgehead atoms. The summed E-state index contributed by atoms with van der Waals surface area (Å²) in [6.45, 7) is 5.11. The Morgan fingerprint density at radius 3 is 2.32 bits per heavy atom. The van der Waals surface area contributed by atoms with Gasteiger partial charge in [-0.05, 0) is 24.3 Å². The molecule has 2 aromatic carbocycles. The molecular weight excluding hydrogens is 372 g/mol. The second-order valence-corrected chi connectivity index (χ2v) is 8.25. The van der Waals surface area contributed by atoms with Crippen LogP contribution in [0.3, 0.4) is 0 Å². The first-order valence-corrected chi connectivity index (χ1v) is 10.3. The molecule has 0 radical (unpaired) electrons. The number of carbonyl (C=O) groups is 1. The predicted molar refractivity (Wildman–Crippen MR) is 115 cm³/mol. The van der Waals surface area contributed by atoms with E-state index in [0.29, 0.717) is 17.1 Å². The fraction of sp³-hybridized carbons (Fsp3) is 0.409. The van der Waals surface area contributed by atoms with Gasteiger partial charge in [-0.1, -0.05) is 35.9 Å². The first-order valence-electron chi connectivity index (χ1n) is 9.91. The van der Waals surface area contributed by atoms with E-state index < -0.39 is 0 Å². The molecule has 150 valence electrons. The third kappa shape index (κ3) is 5.04. The molecule has 3 N–H and O–H groups in total. The number of piperazine rings is 1. The summed E-state index contributed by atoms with van der Waals surface area (Å²) in [5.41, 5.74) is 2.98. The Bertz CT molecular complexity index is 785. The second kappa shape index (κ2) is 9.41. The molecule has 0 unspecified atom stereocenters. The number of hydrogen-bond donors (Lipinski definition) is 3. The topological polar surface area (TPSA) is 41.2 Å². The molecule has 0 spiro atoms. The average Bonchev–Trinajstić information content (AvgIpc) is 2.70. The fourth-order valence-corrected chi connectivity index (χ4v) is 4.01. The summed E-state index contributed by atoms with van der Waals surface area (Å²) in [6.07, 6.45) is 0. The van der Waals surface area contributed by atoms with Crippen LogP contribution in [-0.4, -0.2) is 59.8 Å². The van der Waals surface area contributed by atoms with E-state index in [1.165, 1.54) is 16.2 Å². The number of anilines is 1. The van der Waals surface area contributed by atoms with Gasteiger partial charge in [0.25, 0.3) is 5.91 Å². The minimum Gasteiger partial charge on any atom is -0.378 e. The van der Waals surface area contributed by atoms with Crippen molar-refractivity contribution in [1.29, 1.82) is 0 Å². The van der Waals surface area contributed by atoms with Gasteiger partial charge >= 0.3 is 0 Å². The van der Waals surface area contributed by atoms with Crippen molar-refractivity contribution in [2.75, 3.05) is 58.8 Å². The highest BCUT2D eigenvalue weighted by Crippen LogP contribution is 2.17. The maximum absolute atomic E-state index is 12.7. The van der Waals surface area contributed by atoms with Crippen molar-refractivity contribution in [2.45, 2.75) is 6.04 Å². The molecule has 1 fully saturated rings. The molecule has 28 heavy (non-hydrogen) atoms. The number of hydrogen-bond acceptors (Lipinski definition) is 2.